The highest BCUT2D eigenvalue weighted by molar-refractivity contribution is 5.83. The van der Waals surface area contributed by atoms with Gasteiger partial charge in [-0.05, 0) is 33.6 Å². The molecule has 0 N–H and O–H groups in total. The molecule has 0 aromatic carbocycles. The van der Waals surface area contributed by atoms with Gasteiger partial charge in [-0.1, -0.05) is 0 Å². The van der Waals surface area contributed by atoms with Gasteiger partial charge < -0.3 is 14.2 Å². The standard InChI is InChI=1S/C13H22N2O6/c1-4-19-11(16)10-8-7-9-14(12(17)20-5-2)15(10)13(18)21-6-3/h10H,4-9H2,1-3H3. The van der Waals surface area contributed by atoms with Gasteiger partial charge in [-0.2, -0.15) is 5.01 Å². The van der Waals surface area contributed by atoms with Gasteiger partial charge in [-0.3, -0.25) is 0 Å². The van der Waals surface area contributed by atoms with Crippen molar-refractivity contribution in [3.63, 3.8) is 0 Å². The van der Waals surface area contributed by atoms with E-state index in [9.17, 15) is 14.4 Å². The third-order valence-corrected chi connectivity index (χ3v) is 2.89. The van der Waals surface area contributed by atoms with E-state index < -0.39 is 24.2 Å². The van der Waals surface area contributed by atoms with Gasteiger partial charge in [0.1, 0.15) is 0 Å². The van der Waals surface area contributed by atoms with E-state index in [2.05, 4.69) is 0 Å². The van der Waals surface area contributed by atoms with Crippen molar-refractivity contribution in [1.82, 2.24) is 10.0 Å². The van der Waals surface area contributed by atoms with Gasteiger partial charge in [0.05, 0.1) is 19.8 Å². The lowest BCUT2D eigenvalue weighted by Gasteiger charge is -2.40. The van der Waals surface area contributed by atoms with Gasteiger partial charge in [0.15, 0.2) is 6.04 Å². The van der Waals surface area contributed by atoms with E-state index in [1.54, 1.807) is 20.8 Å². The Labute approximate surface area is 123 Å². The van der Waals surface area contributed by atoms with E-state index in [4.69, 9.17) is 14.2 Å². The van der Waals surface area contributed by atoms with Crippen LogP contribution in [-0.4, -0.2) is 60.6 Å². The van der Waals surface area contributed by atoms with Gasteiger partial charge in [0.2, 0.25) is 0 Å². The highest BCUT2D eigenvalue weighted by Crippen LogP contribution is 2.21. The Morgan fingerprint density at radius 2 is 1.52 bits per heavy atom. The second-order valence-electron chi connectivity index (χ2n) is 4.28. The number of nitrogens with zero attached hydrogens (tertiary/aromatic N) is 2. The zero-order valence-electron chi connectivity index (χ0n) is 12.7. The maximum Gasteiger partial charge on any atom is 0.429 e. The van der Waals surface area contributed by atoms with Crippen LogP contribution in [0.3, 0.4) is 0 Å². The largest absolute Gasteiger partial charge is 0.464 e. The van der Waals surface area contributed by atoms with Crippen molar-refractivity contribution in [3.8, 4) is 0 Å². The third-order valence-electron chi connectivity index (χ3n) is 2.89. The summed E-state index contributed by atoms with van der Waals surface area (Å²) in [6, 6.07) is -0.873. The van der Waals surface area contributed by atoms with Crippen LogP contribution in [0.25, 0.3) is 0 Å². The molecule has 1 atom stereocenters. The SMILES string of the molecule is CCOC(=O)C1CCCN(C(=O)OCC)N1C(=O)OCC. The minimum atomic E-state index is -0.873. The second-order valence-corrected chi connectivity index (χ2v) is 4.28. The monoisotopic (exact) mass is 302 g/mol. The maximum atomic E-state index is 12.1. The number of carbonyl (C=O) groups excluding carboxylic acids is 3. The van der Waals surface area contributed by atoms with Crippen molar-refractivity contribution in [2.45, 2.75) is 39.7 Å². The smallest absolute Gasteiger partial charge is 0.429 e. The molecule has 1 aliphatic rings. The van der Waals surface area contributed by atoms with Crippen molar-refractivity contribution in [2.24, 2.45) is 0 Å². The van der Waals surface area contributed by atoms with Gasteiger partial charge in [-0.15, -0.1) is 0 Å². The normalized spacial score (nSPS) is 18.1. The van der Waals surface area contributed by atoms with E-state index in [1.165, 1.54) is 0 Å². The second kappa shape index (κ2) is 8.33. The first kappa shape index (κ1) is 17.1. The number of amides is 2. The molecule has 1 unspecified atom stereocenters. The van der Waals surface area contributed by atoms with E-state index >= 15 is 0 Å². The molecule has 21 heavy (non-hydrogen) atoms. The molecule has 1 saturated heterocycles. The summed E-state index contributed by atoms with van der Waals surface area (Å²) in [7, 11) is 0. The minimum Gasteiger partial charge on any atom is -0.464 e. The van der Waals surface area contributed by atoms with Crippen molar-refractivity contribution < 1.29 is 28.6 Å². The molecule has 0 aliphatic carbocycles. The Bertz CT molecular complexity index is 361. The van der Waals surface area contributed by atoms with Crippen LogP contribution in [0.5, 0.6) is 0 Å². The van der Waals surface area contributed by atoms with Gasteiger partial charge in [0, 0.05) is 6.54 Å². The first-order valence-corrected chi connectivity index (χ1v) is 7.13. The van der Waals surface area contributed by atoms with Crippen LogP contribution in [-0.2, 0) is 19.0 Å². The predicted octanol–water partition coefficient (Wildman–Crippen LogP) is 1.54. The summed E-state index contributed by atoms with van der Waals surface area (Å²) in [5.41, 5.74) is 0. The summed E-state index contributed by atoms with van der Waals surface area (Å²) < 4.78 is 14.8. The fourth-order valence-electron chi connectivity index (χ4n) is 2.08. The van der Waals surface area contributed by atoms with Crippen molar-refractivity contribution in [1.29, 1.82) is 0 Å². The quantitative estimate of drug-likeness (QED) is 0.578. The average molecular weight is 302 g/mol. The van der Waals surface area contributed by atoms with Crippen LogP contribution in [0.1, 0.15) is 33.6 Å². The molecule has 1 fully saturated rings. The summed E-state index contributed by atoms with van der Waals surface area (Å²) in [6.45, 7) is 5.80. The number of hydrazine groups is 1. The van der Waals surface area contributed by atoms with Crippen LogP contribution in [0.4, 0.5) is 9.59 Å². The van der Waals surface area contributed by atoms with Gasteiger partial charge >= 0.3 is 18.2 Å². The predicted molar refractivity (Wildman–Crippen MR) is 72.2 cm³/mol. The van der Waals surface area contributed by atoms with Crippen LogP contribution in [0, 0.1) is 0 Å². The molecule has 0 radical (unpaired) electrons. The Morgan fingerprint density at radius 3 is 2.10 bits per heavy atom. The summed E-state index contributed by atoms with van der Waals surface area (Å²) in [4.78, 5) is 36.0. The molecular formula is C13H22N2O6. The molecular weight excluding hydrogens is 280 g/mol. The Hall–Kier alpha value is -1.99. The fourth-order valence-corrected chi connectivity index (χ4v) is 2.08. The summed E-state index contributed by atoms with van der Waals surface area (Å²) in [5, 5.41) is 2.11. The maximum absolute atomic E-state index is 12.1. The average Bonchev–Trinajstić information content (AvgIpc) is 2.47. The molecule has 120 valence electrons. The first-order valence-electron chi connectivity index (χ1n) is 7.13. The highest BCUT2D eigenvalue weighted by Gasteiger charge is 2.42. The van der Waals surface area contributed by atoms with Crippen LogP contribution in [0.2, 0.25) is 0 Å². The fraction of sp³-hybridized carbons (Fsp3) is 0.769. The lowest BCUT2D eigenvalue weighted by molar-refractivity contribution is -0.158. The molecule has 1 rings (SSSR count). The molecule has 0 aromatic heterocycles. The van der Waals surface area contributed by atoms with Crippen LogP contribution >= 0.6 is 0 Å². The Morgan fingerprint density at radius 1 is 0.952 bits per heavy atom. The lowest BCUT2D eigenvalue weighted by Crippen LogP contribution is -2.60. The zero-order valence-corrected chi connectivity index (χ0v) is 12.7. The molecule has 0 aromatic rings. The lowest BCUT2D eigenvalue weighted by atomic mass is 10.1. The number of hydrogen-bond acceptors (Lipinski definition) is 6. The Balaban J connectivity index is 2.97. The van der Waals surface area contributed by atoms with Gasteiger partial charge in [-0.25, -0.2) is 19.4 Å². The van der Waals surface area contributed by atoms with E-state index in [0.29, 0.717) is 12.8 Å². The molecule has 2 amide bonds. The highest BCUT2D eigenvalue weighted by atomic mass is 16.6. The van der Waals surface area contributed by atoms with Crippen LogP contribution in [0.15, 0.2) is 0 Å². The molecule has 0 spiro atoms. The number of rotatable bonds is 4. The van der Waals surface area contributed by atoms with Crippen molar-refractivity contribution >= 4 is 18.2 Å². The third kappa shape index (κ3) is 4.24. The van der Waals surface area contributed by atoms with Crippen LogP contribution < -0.4 is 0 Å². The number of carbonyl (C=O) groups is 3. The van der Waals surface area contributed by atoms with E-state index in [1.807, 2.05) is 0 Å². The summed E-state index contributed by atoms with van der Waals surface area (Å²) in [6.07, 6.45) is -0.464. The molecule has 0 saturated carbocycles. The molecule has 1 heterocycles. The van der Waals surface area contributed by atoms with Gasteiger partial charge in [0.25, 0.3) is 0 Å². The molecule has 8 nitrogen and oxygen atoms in total. The first-order chi connectivity index (χ1) is 10.1. The number of esters is 1. The Kier molecular flexibility index (Phi) is 6.77. The van der Waals surface area contributed by atoms with Crippen molar-refractivity contribution in [2.75, 3.05) is 26.4 Å². The minimum absolute atomic E-state index is 0.140. The summed E-state index contributed by atoms with van der Waals surface area (Å²) in [5.74, 6) is -0.556. The zero-order chi connectivity index (χ0) is 15.8. The molecule has 0 bridgehead atoms. The molecule has 1 aliphatic heterocycles. The topological polar surface area (TPSA) is 85.4 Å². The molecule has 8 heteroatoms. The van der Waals surface area contributed by atoms with E-state index in [-0.39, 0.29) is 26.4 Å². The number of ether oxygens (including phenoxy) is 3. The van der Waals surface area contributed by atoms with Crippen molar-refractivity contribution in [3.05, 3.63) is 0 Å². The van der Waals surface area contributed by atoms with E-state index in [0.717, 1.165) is 10.0 Å². The number of hydrogen-bond donors (Lipinski definition) is 0. The summed E-state index contributed by atoms with van der Waals surface area (Å²) >= 11 is 0.